The third-order valence-corrected chi connectivity index (χ3v) is 1.91. The highest BCUT2D eigenvalue weighted by Gasteiger charge is 1.91. The van der Waals surface area contributed by atoms with Crippen LogP contribution in [0.25, 0.3) is 6.08 Å². The summed E-state index contributed by atoms with van der Waals surface area (Å²) in [7, 11) is 0. The molecule has 11 heavy (non-hydrogen) atoms. The Labute approximate surface area is 72.5 Å². The molecule has 0 fully saturated rings. The molecule has 0 aliphatic heterocycles. The topological polar surface area (TPSA) is 0 Å². The maximum absolute atomic E-state index is 5.45. The Kier molecular flexibility index (Phi) is 2.72. The molecule has 0 spiro atoms. The monoisotopic (exact) mass is 166 g/mol. The molecule has 0 radical (unpaired) electrons. The summed E-state index contributed by atoms with van der Waals surface area (Å²) in [6, 6.07) is 6.27. The van der Waals surface area contributed by atoms with Crippen LogP contribution in [0.15, 0.2) is 23.7 Å². The Hall–Kier alpha value is -0.750. The van der Waals surface area contributed by atoms with Crippen molar-refractivity contribution in [2.45, 2.75) is 13.8 Å². The summed E-state index contributed by atoms with van der Waals surface area (Å²) in [6.45, 7) is 4.20. The van der Waals surface area contributed by atoms with Gasteiger partial charge in [-0.3, -0.25) is 0 Å². The summed E-state index contributed by atoms with van der Waals surface area (Å²) in [5.74, 6) is 0. The van der Waals surface area contributed by atoms with Crippen LogP contribution in [0.5, 0.6) is 0 Å². The van der Waals surface area contributed by atoms with Crippen LogP contribution in [-0.2, 0) is 0 Å². The lowest BCUT2D eigenvalue weighted by Crippen LogP contribution is -1.80. The van der Waals surface area contributed by atoms with Crippen molar-refractivity contribution in [2.24, 2.45) is 0 Å². The molecular weight excluding hydrogens is 156 g/mol. The quantitative estimate of drug-likeness (QED) is 0.599. The van der Waals surface area contributed by atoms with Gasteiger partial charge in [0, 0.05) is 5.54 Å². The van der Waals surface area contributed by atoms with Crippen LogP contribution < -0.4 is 0 Å². The summed E-state index contributed by atoms with van der Waals surface area (Å²) in [5, 5.41) is 0. The first-order valence-corrected chi connectivity index (χ1v) is 4.01. The molecule has 0 unspecified atom stereocenters. The Bertz CT molecular complexity index is 274. The minimum atomic E-state index is 1.16. The molecular formula is C10H11Cl. The summed E-state index contributed by atoms with van der Waals surface area (Å²) >= 11 is 5.45. The molecule has 0 heterocycles. The van der Waals surface area contributed by atoms with Gasteiger partial charge in [0.2, 0.25) is 0 Å². The van der Waals surface area contributed by atoms with E-state index in [1.807, 2.05) is 6.08 Å². The highest BCUT2D eigenvalue weighted by molar-refractivity contribution is 6.27. The zero-order chi connectivity index (χ0) is 8.27. The van der Waals surface area contributed by atoms with Crippen molar-refractivity contribution in [3.63, 3.8) is 0 Å². The molecule has 0 saturated heterocycles. The first-order valence-electron chi connectivity index (χ1n) is 3.58. The van der Waals surface area contributed by atoms with Gasteiger partial charge in [-0.2, -0.15) is 0 Å². The maximum atomic E-state index is 5.45. The number of hydrogen-bond acceptors (Lipinski definition) is 0. The summed E-state index contributed by atoms with van der Waals surface area (Å²) in [4.78, 5) is 0. The molecule has 0 aliphatic carbocycles. The van der Waals surface area contributed by atoms with Gasteiger partial charge < -0.3 is 0 Å². The van der Waals surface area contributed by atoms with Crippen LogP contribution in [0.1, 0.15) is 16.7 Å². The van der Waals surface area contributed by atoms with Crippen molar-refractivity contribution in [3.05, 3.63) is 40.4 Å². The molecule has 1 rings (SSSR count). The van der Waals surface area contributed by atoms with Gasteiger partial charge in [-0.15, -0.1) is 0 Å². The first-order chi connectivity index (χ1) is 5.24. The molecule has 0 aliphatic rings. The number of halogens is 1. The summed E-state index contributed by atoms with van der Waals surface area (Å²) in [6.07, 6.45) is 1.88. The second kappa shape index (κ2) is 3.59. The van der Waals surface area contributed by atoms with E-state index in [1.54, 1.807) is 0 Å². The van der Waals surface area contributed by atoms with Gasteiger partial charge in [0.05, 0.1) is 0 Å². The van der Waals surface area contributed by atoms with Gasteiger partial charge in [0.15, 0.2) is 0 Å². The molecule has 0 aromatic heterocycles. The van der Waals surface area contributed by atoms with Gasteiger partial charge >= 0.3 is 0 Å². The first kappa shape index (κ1) is 8.35. The van der Waals surface area contributed by atoms with E-state index >= 15 is 0 Å². The number of aryl methyl sites for hydroxylation is 2. The zero-order valence-electron chi connectivity index (χ0n) is 6.76. The maximum Gasteiger partial charge on any atom is 0.00484 e. The molecule has 0 saturated carbocycles. The molecule has 0 nitrogen and oxygen atoms in total. The highest BCUT2D eigenvalue weighted by atomic mass is 35.5. The summed E-state index contributed by atoms with van der Waals surface area (Å²) in [5.41, 5.74) is 5.31. The van der Waals surface area contributed by atoms with E-state index in [4.69, 9.17) is 11.6 Å². The van der Waals surface area contributed by atoms with Crippen molar-refractivity contribution in [1.29, 1.82) is 0 Å². The largest absolute Gasteiger partial charge is 0.0929 e. The van der Waals surface area contributed by atoms with Crippen molar-refractivity contribution in [3.8, 4) is 0 Å². The Balaban J connectivity index is 3.05. The van der Waals surface area contributed by atoms with Gasteiger partial charge in [-0.05, 0) is 36.6 Å². The van der Waals surface area contributed by atoms with E-state index in [0.717, 1.165) is 5.56 Å². The van der Waals surface area contributed by atoms with E-state index in [1.165, 1.54) is 16.7 Å². The molecule has 0 bridgehead atoms. The van der Waals surface area contributed by atoms with Crippen LogP contribution in [0.3, 0.4) is 0 Å². The minimum absolute atomic E-state index is 1.16. The van der Waals surface area contributed by atoms with E-state index in [-0.39, 0.29) is 0 Å². The van der Waals surface area contributed by atoms with Gasteiger partial charge in [0.25, 0.3) is 0 Å². The Morgan fingerprint density at radius 2 is 1.91 bits per heavy atom. The van der Waals surface area contributed by atoms with E-state index in [2.05, 4.69) is 32.0 Å². The average molecular weight is 167 g/mol. The fraction of sp³-hybridized carbons (Fsp3) is 0.200. The SMILES string of the molecule is Cc1ccc(C=CCl)cc1C. The highest BCUT2D eigenvalue weighted by Crippen LogP contribution is 2.11. The van der Waals surface area contributed by atoms with Gasteiger partial charge in [0.1, 0.15) is 0 Å². The molecule has 1 aromatic rings. The van der Waals surface area contributed by atoms with Gasteiger partial charge in [-0.25, -0.2) is 0 Å². The normalized spacial score (nSPS) is 10.8. The van der Waals surface area contributed by atoms with Crippen molar-refractivity contribution < 1.29 is 0 Å². The van der Waals surface area contributed by atoms with Crippen LogP contribution in [0.2, 0.25) is 0 Å². The fourth-order valence-electron chi connectivity index (χ4n) is 0.941. The summed E-state index contributed by atoms with van der Waals surface area (Å²) < 4.78 is 0. The lowest BCUT2D eigenvalue weighted by molar-refractivity contribution is 1.33. The van der Waals surface area contributed by atoms with Crippen LogP contribution in [-0.4, -0.2) is 0 Å². The Morgan fingerprint density at radius 3 is 2.45 bits per heavy atom. The third-order valence-electron chi connectivity index (χ3n) is 1.79. The standard InChI is InChI=1S/C10H11Cl/c1-8-3-4-10(5-6-11)7-9(8)2/h3-7H,1-2H3. The van der Waals surface area contributed by atoms with Gasteiger partial charge in [-0.1, -0.05) is 29.8 Å². The predicted molar refractivity (Wildman–Crippen MR) is 50.8 cm³/mol. The number of hydrogen-bond donors (Lipinski definition) is 0. The minimum Gasteiger partial charge on any atom is -0.0929 e. The van der Waals surface area contributed by atoms with Crippen molar-refractivity contribution in [1.82, 2.24) is 0 Å². The van der Waals surface area contributed by atoms with Crippen molar-refractivity contribution in [2.75, 3.05) is 0 Å². The molecule has 0 atom stereocenters. The molecule has 0 amide bonds. The van der Waals surface area contributed by atoms with Crippen molar-refractivity contribution >= 4 is 17.7 Å². The van der Waals surface area contributed by atoms with E-state index in [9.17, 15) is 0 Å². The number of rotatable bonds is 1. The lowest BCUT2D eigenvalue weighted by atomic mass is 10.1. The van der Waals surface area contributed by atoms with E-state index < -0.39 is 0 Å². The van der Waals surface area contributed by atoms with Crippen LogP contribution >= 0.6 is 11.6 Å². The number of benzene rings is 1. The fourth-order valence-corrected chi connectivity index (χ4v) is 1.09. The predicted octanol–water partition coefficient (Wildman–Crippen LogP) is 3.51. The van der Waals surface area contributed by atoms with E-state index in [0.29, 0.717) is 0 Å². The average Bonchev–Trinajstić information content (AvgIpc) is 1.98. The van der Waals surface area contributed by atoms with Crippen LogP contribution in [0, 0.1) is 13.8 Å². The third kappa shape index (κ3) is 2.09. The molecule has 58 valence electrons. The molecule has 1 heteroatoms. The zero-order valence-corrected chi connectivity index (χ0v) is 7.52. The smallest absolute Gasteiger partial charge is 0.00484 e. The lowest BCUT2D eigenvalue weighted by Gasteiger charge is -1.99. The second-order valence-electron chi connectivity index (χ2n) is 2.64. The molecule has 0 N–H and O–H groups in total. The Morgan fingerprint density at radius 1 is 1.18 bits per heavy atom. The molecule has 1 aromatic carbocycles. The second-order valence-corrected chi connectivity index (χ2v) is 2.89. The van der Waals surface area contributed by atoms with Crippen LogP contribution in [0.4, 0.5) is 0 Å².